The Hall–Kier alpha value is -7.56. The van der Waals surface area contributed by atoms with Crippen molar-refractivity contribution in [3.63, 3.8) is 0 Å². The highest BCUT2D eigenvalue weighted by Crippen LogP contribution is 2.56. The fourth-order valence-corrected chi connectivity index (χ4v) is 8.70. The van der Waals surface area contributed by atoms with Gasteiger partial charge in [-0.1, -0.05) is 61.5 Å². The van der Waals surface area contributed by atoms with Gasteiger partial charge in [-0.2, -0.15) is 73.7 Å². The molecule has 2 atom stereocenters. The number of allylic oxidation sites excluding steroid dienone is 6. The molecule has 2 unspecified atom stereocenters. The molecular weight excluding hydrogens is 849 g/mol. The van der Waals surface area contributed by atoms with Gasteiger partial charge in [0.25, 0.3) is 0 Å². The molecule has 0 aromatic heterocycles. The Kier molecular flexibility index (Phi) is 9.53. The lowest BCUT2D eigenvalue weighted by molar-refractivity contribution is -0.169. The first-order valence-corrected chi connectivity index (χ1v) is 18.4. The second-order valence-electron chi connectivity index (χ2n) is 14.9. The third-order valence-corrected chi connectivity index (χ3v) is 11.5. The lowest BCUT2D eigenvalue weighted by Gasteiger charge is -2.31. The highest BCUT2D eigenvalue weighted by Gasteiger charge is 2.48. The van der Waals surface area contributed by atoms with E-state index in [1.807, 2.05) is 12.1 Å². The largest absolute Gasteiger partial charge is 0.416 e. The van der Waals surface area contributed by atoms with E-state index in [1.54, 1.807) is 30.3 Å². The lowest BCUT2D eigenvalue weighted by atomic mass is 9.77. The van der Waals surface area contributed by atoms with Gasteiger partial charge in [-0.3, -0.25) is 0 Å². The number of nitrogens with zero attached hydrogens (tertiary/aromatic N) is 4. The van der Waals surface area contributed by atoms with E-state index in [2.05, 4.69) is 0 Å². The number of hydrogen-bond donors (Lipinski definition) is 0. The molecule has 8 rings (SSSR count). The van der Waals surface area contributed by atoms with Gasteiger partial charge in [-0.05, 0) is 120 Å². The standard InChI is InChI=1S/C47H20F12N4/c1-21-36(15-29(46(54,55)56)16-39(21)47(57,58)59)23-3-5-33-38(13-23)41(26(19-62)20-63)35-9-7-30-31(43(33)35)6-8-34-40(25(17-60)18-61)37-12-22(2-4-32(37)42(30)34)24-10-27(44(48,49)50)14-28(11-24)45(51,52)53/h2-16,21,39H,1H3. The number of nitriles is 4. The van der Waals surface area contributed by atoms with E-state index < -0.39 is 70.0 Å². The molecule has 0 saturated carbocycles. The van der Waals surface area contributed by atoms with Crippen molar-refractivity contribution in [1.29, 1.82) is 21.0 Å². The summed E-state index contributed by atoms with van der Waals surface area (Å²) in [6.45, 7) is 1.14. The highest BCUT2D eigenvalue weighted by atomic mass is 19.4. The molecule has 0 saturated heterocycles. The lowest BCUT2D eigenvalue weighted by Crippen LogP contribution is -2.32. The van der Waals surface area contributed by atoms with E-state index in [0.717, 1.165) is 6.92 Å². The van der Waals surface area contributed by atoms with Crippen molar-refractivity contribution >= 4 is 27.5 Å². The summed E-state index contributed by atoms with van der Waals surface area (Å²) in [5, 5.41) is 41.1. The molecule has 5 aromatic rings. The van der Waals surface area contributed by atoms with Crippen molar-refractivity contribution in [3.05, 3.63) is 147 Å². The fraction of sp³-hybridized carbons (Fsp3) is 0.149. The summed E-state index contributed by atoms with van der Waals surface area (Å²) in [4.78, 5) is 0. The first kappa shape index (κ1) is 42.1. The molecule has 63 heavy (non-hydrogen) atoms. The van der Waals surface area contributed by atoms with Crippen LogP contribution in [0.5, 0.6) is 0 Å². The Balaban J connectivity index is 1.36. The minimum atomic E-state index is -5.14. The predicted octanol–water partition coefficient (Wildman–Crippen LogP) is 13.9. The molecule has 0 spiro atoms. The Labute approximate surface area is 348 Å². The number of rotatable bonds is 2. The van der Waals surface area contributed by atoms with Crippen LogP contribution in [0.2, 0.25) is 0 Å². The van der Waals surface area contributed by atoms with Crippen molar-refractivity contribution in [2.24, 2.45) is 11.8 Å². The van der Waals surface area contributed by atoms with Crippen LogP contribution in [0, 0.1) is 57.2 Å². The van der Waals surface area contributed by atoms with E-state index in [0.29, 0.717) is 62.4 Å². The monoisotopic (exact) mass is 868 g/mol. The molecule has 0 aliphatic heterocycles. The van der Waals surface area contributed by atoms with Gasteiger partial charge in [0.2, 0.25) is 0 Å². The Bertz CT molecular complexity index is 3120. The van der Waals surface area contributed by atoms with Crippen LogP contribution in [0.3, 0.4) is 0 Å². The zero-order chi connectivity index (χ0) is 45.7. The number of fused-ring (bicyclic) bond motifs is 9. The summed E-state index contributed by atoms with van der Waals surface area (Å²) in [6, 6.07) is 22.7. The third kappa shape index (κ3) is 6.79. The predicted molar refractivity (Wildman–Crippen MR) is 206 cm³/mol. The van der Waals surface area contributed by atoms with Gasteiger partial charge < -0.3 is 0 Å². The third-order valence-electron chi connectivity index (χ3n) is 11.5. The summed E-state index contributed by atoms with van der Waals surface area (Å²) in [7, 11) is 0. The van der Waals surface area contributed by atoms with Crippen molar-refractivity contribution in [3.8, 4) is 57.7 Å². The van der Waals surface area contributed by atoms with E-state index in [-0.39, 0.29) is 51.1 Å². The van der Waals surface area contributed by atoms with Crippen molar-refractivity contribution in [1.82, 2.24) is 0 Å². The summed E-state index contributed by atoms with van der Waals surface area (Å²) in [5.74, 6) is -3.97. The zero-order valence-corrected chi connectivity index (χ0v) is 31.6. The van der Waals surface area contributed by atoms with Crippen molar-refractivity contribution < 1.29 is 52.7 Å². The normalized spacial score (nSPS) is 16.7. The molecule has 0 radical (unpaired) electrons. The molecule has 0 bridgehead atoms. The smallest absolute Gasteiger partial charge is 0.192 e. The van der Waals surface area contributed by atoms with Crippen LogP contribution in [0.1, 0.15) is 45.9 Å². The van der Waals surface area contributed by atoms with Gasteiger partial charge >= 0.3 is 24.7 Å². The molecule has 4 nitrogen and oxygen atoms in total. The van der Waals surface area contributed by atoms with Gasteiger partial charge in [0.05, 0.1) is 22.6 Å². The Morgan fingerprint density at radius 3 is 1.32 bits per heavy atom. The summed E-state index contributed by atoms with van der Waals surface area (Å²) in [5.41, 5.74) is -3.81. The maximum absolute atomic E-state index is 14.1. The van der Waals surface area contributed by atoms with Crippen molar-refractivity contribution in [2.75, 3.05) is 0 Å². The van der Waals surface area contributed by atoms with Crippen LogP contribution in [-0.2, 0) is 12.4 Å². The first-order valence-electron chi connectivity index (χ1n) is 18.4. The van der Waals surface area contributed by atoms with Crippen LogP contribution in [-0.4, -0.2) is 12.4 Å². The molecule has 312 valence electrons. The molecular formula is C47H20F12N4. The zero-order valence-electron chi connectivity index (χ0n) is 31.6. The molecule has 0 N–H and O–H groups in total. The van der Waals surface area contributed by atoms with Gasteiger partial charge in [0.15, 0.2) is 0 Å². The van der Waals surface area contributed by atoms with E-state index in [9.17, 15) is 73.7 Å². The van der Waals surface area contributed by atoms with Crippen LogP contribution in [0.15, 0.2) is 108 Å². The molecule has 3 aliphatic rings. The number of halogens is 12. The van der Waals surface area contributed by atoms with Crippen LogP contribution in [0.4, 0.5) is 52.7 Å². The van der Waals surface area contributed by atoms with E-state index in [1.165, 1.54) is 42.5 Å². The van der Waals surface area contributed by atoms with Crippen LogP contribution >= 0.6 is 0 Å². The number of benzene rings is 5. The molecule has 0 heterocycles. The topological polar surface area (TPSA) is 95.2 Å². The summed E-state index contributed by atoms with van der Waals surface area (Å²) in [6.07, 6.45) is -19.7. The highest BCUT2D eigenvalue weighted by molar-refractivity contribution is 6.20. The van der Waals surface area contributed by atoms with E-state index in [4.69, 9.17) is 0 Å². The molecule has 0 fully saturated rings. The second-order valence-corrected chi connectivity index (χ2v) is 14.9. The average Bonchev–Trinajstić information content (AvgIpc) is 3.72. The van der Waals surface area contributed by atoms with Gasteiger partial charge in [0.1, 0.15) is 35.4 Å². The maximum atomic E-state index is 14.1. The molecule has 3 aliphatic carbocycles. The Morgan fingerprint density at radius 1 is 0.476 bits per heavy atom. The SMILES string of the molecule is CC1C(c2ccc3c(c2)C(=C(C#N)C#N)c2ccc4c5c(ccc4c2-3)C(=C(C#N)C#N)c2cc(-c3cc(C(F)(F)F)cc(C(F)(F)F)c3)ccc2-5)=CC(C(F)(F)F)=CC1C(F)(F)F. The van der Waals surface area contributed by atoms with Gasteiger partial charge in [-0.15, -0.1) is 0 Å². The van der Waals surface area contributed by atoms with Gasteiger partial charge in [0, 0.05) is 11.1 Å². The number of alkyl halides is 12. The molecule has 0 amide bonds. The summed E-state index contributed by atoms with van der Waals surface area (Å²) < 4.78 is 167. The van der Waals surface area contributed by atoms with E-state index >= 15 is 0 Å². The summed E-state index contributed by atoms with van der Waals surface area (Å²) >= 11 is 0. The molecule has 5 aromatic carbocycles. The fourth-order valence-electron chi connectivity index (χ4n) is 8.70. The van der Waals surface area contributed by atoms with Crippen LogP contribution < -0.4 is 0 Å². The van der Waals surface area contributed by atoms with Crippen LogP contribution in [0.25, 0.3) is 60.9 Å². The maximum Gasteiger partial charge on any atom is 0.416 e. The number of hydrogen-bond acceptors (Lipinski definition) is 4. The van der Waals surface area contributed by atoms with Crippen molar-refractivity contribution in [2.45, 2.75) is 31.6 Å². The minimum absolute atomic E-state index is 0.0140. The average molecular weight is 869 g/mol. The molecule has 16 heteroatoms. The quantitative estimate of drug-likeness (QED) is 0.128. The minimum Gasteiger partial charge on any atom is -0.192 e. The van der Waals surface area contributed by atoms with Gasteiger partial charge in [-0.25, -0.2) is 0 Å². The Morgan fingerprint density at radius 2 is 0.905 bits per heavy atom. The first-order chi connectivity index (χ1) is 29.5. The second kappa shape index (κ2) is 14.3.